The van der Waals surface area contributed by atoms with Gasteiger partial charge in [0, 0.05) is 16.5 Å². The molecule has 0 atom stereocenters. The molecule has 0 heterocycles. The molecule has 1 aromatic carbocycles. The number of benzene rings is 1. The molecule has 0 N–H and O–H groups in total. The van der Waals surface area contributed by atoms with E-state index in [0.717, 1.165) is 23.9 Å². The molecule has 1 rings (SSSR count). The Labute approximate surface area is 93.6 Å². The lowest BCUT2D eigenvalue weighted by Crippen LogP contribution is -2.05. The minimum absolute atomic E-state index is 0.184. The summed E-state index contributed by atoms with van der Waals surface area (Å²) in [6, 6.07) is 2.48. The maximum absolute atomic E-state index is 13.1. The highest BCUT2D eigenvalue weighted by Crippen LogP contribution is 2.32. The van der Waals surface area contributed by atoms with Gasteiger partial charge in [-0.15, -0.1) is 23.4 Å². The van der Waals surface area contributed by atoms with Gasteiger partial charge in [0.15, 0.2) is 0 Å². The molecule has 0 aliphatic rings. The highest BCUT2D eigenvalue weighted by atomic mass is 35.5. The van der Waals surface area contributed by atoms with E-state index in [4.69, 9.17) is 11.6 Å². The molecule has 0 nitrogen and oxygen atoms in total. The van der Waals surface area contributed by atoms with Crippen LogP contribution < -0.4 is 0 Å². The van der Waals surface area contributed by atoms with Crippen molar-refractivity contribution < 1.29 is 17.6 Å². The predicted molar refractivity (Wildman–Crippen MR) is 52.8 cm³/mol. The van der Waals surface area contributed by atoms with E-state index in [0.29, 0.717) is 17.7 Å². The minimum atomic E-state index is -4.50. The van der Waals surface area contributed by atoms with Gasteiger partial charge in [-0.3, -0.25) is 0 Å². The van der Waals surface area contributed by atoms with Crippen molar-refractivity contribution in [3.05, 3.63) is 29.6 Å². The molecule has 0 aliphatic heterocycles. The van der Waals surface area contributed by atoms with Crippen molar-refractivity contribution in [3.8, 4) is 0 Å². The second kappa shape index (κ2) is 5.07. The molecule has 0 unspecified atom stereocenters. The standard InChI is InChI=1S/C9H7ClF4S/c10-3-4-15-8-2-1-6(5-7(8)11)9(12,13)14/h1-2,5H,3-4H2. The number of hydrogen-bond donors (Lipinski definition) is 0. The lowest BCUT2D eigenvalue weighted by Gasteiger charge is -2.08. The smallest absolute Gasteiger partial charge is 0.206 e. The minimum Gasteiger partial charge on any atom is -0.206 e. The van der Waals surface area contributed by atoms with Crippen LogP contribution in [0.2, 0.25) is 0 Å². The van der Waals surface area contributed by atoms with E-state index in [1.165, 1.54) is 0 Å². The van der Waals surface area contributed by atoms with E-state index in [9.17, 15) is 17.6 Å². The van der Waals surface area contributed by atoms with Crippen molar-refractivity contribution in [1.29, 1.82) is 0 Å². The molecule has 0 aliphatic carbocycles. The fourth-order valence-corrected chi connectivity index (χ4v) is 1.83. The first-order valence-corrected chi connectivity index (χ1v) is 5.52. The zero-order valence-electron chi connectivity index (χ0n) is 7.44. The van der Waals surface area contributed by atoms with E-state index in [1.54, 1.807) is 0 Å². The van der Waals surface area contributed by atoms with Crippen molar-refractivity contribution in [2.24, 2.45) is 0 Å². The van der Waals surface area contributed by atoms with Crippen LogP contribution in [0.25, 0.3) is 0 Å². The Morgan fingerprint density at radius 2 is 1.93 bits per heavy atom. The zero-order chi connectivity index (χ0) is 11.5. The molecule has 0 spiro atoms. The van der Waals surface area contributed by atoms with Crippen LogP contribution in [0.1, 0.15) is 5.56 Å². The first-order valence-electron chi connectivity index (χ1n) is 4.00. The van der Waals surface area contributed by atoms with Gasteiger partial charge in [-0.25, -0.2) is 4.39 Å². The fraction of sp³-hybridized carbons (Fsp3) is 0.333. The van der Waals surface area contributed by atoms with Gasteiger partial charge >= 0.3 is 6.18 Å². The van der Waals surface area contributed by atoms with E-state index >= 15 is 0 Å². The number of rotatable bonds is 3. The molecule has 0 amide bonds. The van der Waals surface area contributed by atoms with Crippen LogP contribution in [-0.2, 0) is 6.18 Å². The third-order valence-electron chi connectivity index (χ3n) is 1.59. The molecule has 0 saturated carbocycles. The van der Waals surface area contributed by atoms with E-state index in [1.807, 2.05) is 0 Å². The highest BCUT2D eigenvalue weighted by Gasteiger charge is 2.31. The van der Waals surface area contributed by atoms with Gasteiger partial charge < -0.3 is 0 Å². The Kier molecular flexibility index (Phi) is 4.28. The SMILES string of the molecule is Fc1cc(C(F)(F)F)ccc1SCCCl. The molecular formula is C9H7ClF4S. The molecular weight excluding hydrogens is 252 g/mol. The lowest BCUT2D eigenvalue weighted by atomic mass is 10.2. The predicted octanol–water partition coefficient (Wildman–Crippen LogP) is 4.18. The van der Waals surface area contributed by atoms with E-state index in [-0.39, 0.29) is 4.90 Å². The second-order valence-corrected chi connectivity index (χ2v) is 4.20. The maximum atomic E-state index is 13.1. The summed E-state index contributed by atoms with van der Waals surface area (Å²) in [5.41, 5.74) is -0.977. The average Bonchev–Trinajstić information content (AvgIpc) is 2.14. The summed E-state index contributed by atoms with van der Waals surface area (Å²) in [5, 5.41) is 0. The average molecular weight is 259 g/mol. The molecule has 15 heavy (non-hydrogen) atoms. The molecule has 0 saturated heterocycles. The topological polar surface area (TPSA) is 0 Å². The highest BCUT2D eigenvalue weighted by molar-refractivity contribution is 7.99. The Hall–Kier alpha value is -0.420. The van der Waals surface area contributed by atoms with Crippen LogP contribution in [0.4, 0.5) is 17.6 Å². The Morgan fingerprint density at radius 1 is 1.27 bits per heavy atom. The van der Waals surface area contributed by atoms with Gasteiger partial charge in [0.05, 0.1) is 5.56 Å². The van der Waals surface area contributed by atoms with Gasteiger partial charge in [-0.1, -0.05) is 0 Å². The summed E-state index contributed by atoms with van der Waals surface area (Å²) in [7, 11) is 0. The molecule has 1 aromatic rings. The van der Waals surface area contributed by atoms with Crippen LogP contribution >= 0.6 is 23.4 Å². The summed E-state index contributed by atoms with van der Waals surface area (Å²) in [5.74, 6) is -0.0745. The van der Waals surface area contributed by atoms with Crippen molar-refractivity contribution in [2.75, 3.05) is 11.6 Å². The van der Waals surface area contributed by atoms with Crippen LogP contribution in [-0.4, -0.2) is 11.6 Å². The summed E-state index contributed by atoms with van der Waals surface area (Å²) < 4.78 is 49.6. The van der Waals surface area contributed by atoms with Crippen molar-refractivity contribution in [3.63, 3.8) is 0 Å². The van der Waals surface area contributed by atoms with Crippen molar-refractivity contribution in [1.82, 2.24) is 0 Å². The van der Waals surface area contributed by atoms with Crippen molar-refractivity contribution >= 4 is 23.4 Å². The molecule has 0 radical (unpaired) electrons. The van der Waals surface area contributed by atoms with Crippen LogP contribution in [0.5, 0.6) is 0 Å². The maximum Gasteiger partial charge on any atom is 0.416 e. The van der Waals surface area contributed by atoms with Gasteiger partial charge in [-0.05, 0) is 18.2 Å². The normalized spacial score (nSPS) is 11.8. The lowest BCUT2D eigenvalue weighted by molar-refractivity contribution is -0.137. The van der Waals surface area contributed by atoms with Crippen molar-refractivity contribution in [2.45, 2.75) is 11.1 Å². The van der Waals surface area contributed by atoms with Gasteiger partial charge in [0.2, 0.25) is 0 Å². The van der Waals surface area contributed by atoms with Crippen LogP contribution in [0, 0.1) is 5.82 Å². The molecule has 84 valence electrons. The number of hydrogen-bond acceptors (Lipinski definition) is 1. The number of thioether (sulfide) groups is 1. The molecule has 0 bridgehead atoms. The summed E-state index contributed by atoms with van der Waals surface area (Å²) >= 11 is 6.48. The Morgan fingerprint density at radius 3 is 2.40 bits per heavy atom. The first kappa shape index (κ1) is 12.6. The monoisotopic (exact) mass is 258 g/mol. The third-order valence-corrected chi connectivity index (χ3v) is 3.06. The van der Waals surface area contributed by atoms with Gasteiger partial charge in [0.1, 0.15) is 5.82 Å². The van der Waals surface area contributed by atoms with Crippen LogP contribution in [0.15, 0.2) is 23.1 Å². The van der Waals surface area contributed by atoms with Crippen LogP contribution in [0.3, 0.4) is 0 Å². The van der Waals surface area contributed by atoms with E-state index < -0.39 is 17.6 Å². The molecule has 0 aromatic heterocycles. The fourth-order valence-electron chi connectivity index (χ4n) is 0.943. The van der Waals surface area contributed by atoms with Gasteiger partial charge in [0.25, 0.3) is 0 Å². The van der Waals surface area contributed by atoms with Gasteiger partial charge in [-0.2, -0.15) is 13.2 Å². The number of alkyl halides is 4. The van der Waals surface area contributed by atoms with E-state index in [2.05, 4.69) is 0 Å². The second-order valence-electron chi connectivity index (χ2n) is 2.68. The number of halogens is 5. The summed E-state index contributed by atoms with van der Waals surface area (Å²) in [6.45, 7) is 0. The largest absolute Gasteiger partial charge is 0.416 e. The molecule has 6 heteroatoms. The summed E-state index contributed by atoms with van der Waals surface area (Å²) in [4.78, 5) is 0.184. The Balaban J connectivity index is 2.88. The quantitative estimate of drug-likeness (QED) is 0.445. The zero-order valence-corrected chi connectivity index (χ0v) is 9.02. The Bertz CT molecular complexity index is 337. The summed E-state index contributed by atoms with van der Waals surface area (Å²) in [6.07, 6.45) is -4.50. The molecule has 0 fully saturated rings. The first-order chi connectivity index (χ1) is 6.95. The third kappa shape index (κ3) is 3.57.